The number of morpholine rings is 1. The van der Waals surface area contributed by atoms with Gasteiger partial charge in [-0.1, -0.05) is 17.3 Å². The average molecular weight is 435 g/mol. The third kappa shape index (κ3) is 4.76. The highest BCUT2D eigenvalue weighted by molar-refractivity contribution is 5.76. The lowest BCUT2D eigenvalue weighted by atomic mass is 10.1. The van der Waals surface area contributed by atoms with E-state index < -0.39 is 17.8 Å². The summed E-state index contributed by atoms with van der Waals surface area (Å²) in [6, 6.07) is 6.56. The average Bonchev–Trinajstić information content (AvgIpc) is 3.41. The Bertz CT molecular complexity index is 1060. The number of aryl methyl sites for hydroxylation is 2. The minimum atomic E-state index is -4.47. The van der Waals surface area contributed by atoms with Gasteiger partial charge >= 0.3 is 6.18 Å². The SMILES string of the molecule is Cc1ccnn1CCC(=O)N1CCO[C@@H](c2nc(-c3cccc(C(F)(F)F)c3)no2)C1. The Morgan fingerprint density at radius 2 is 2.13 bits per heavy atom. The second kappa shape index (κ2) is 8.50. The van der Waals surface area contributed by atoms with Crippen molar-refractivity contribution in [2.45, 2.75) is 32.2 Å². The molecule has 1 aromatic carbocycles. The molecule has 0 spiro atoms. The first-order valence-electron chi connectivity index (χ1n) is 9.70. The van der Waals surface area contributed by atoms with E-state index in [1.54, 1.807) is 15.8 Å². The van der Waals surface area contributed by atoms with E-state index in [9.17, 15) is 18.0 Å². The van der Waals surface area contributed by atoms with Gasteiger partial charge < -0.3 is 14.2 Å². The second-order valence-corrected chi connectivity index (χ2v) is 7.18. The number of rotatable bonds is 5. The number of hydrogen-bond donors (Lipinski definition) is 0. The largest absolute Gasteiger partial charge is 0.416 e. The van der Waals surface area contributed by atoms with Crippen molar-refractivity contribution < 1.29 is 27.2 Å². The second-order valence-electron chi connectivity index (χ2n) is 7.18. The monoisotopic (exact) mass is 435 g/mol. The van der Waals surface area contributed by atoms with E-state index in [1.165, 1.54) is 12.1 Å². The molecule has 0 radical (unpaired) electrons. The number of alkyl halides is 3. The van der Waals surface area contributed by atoms with E-state index in [0.29, 0.717) is 19.7 Å². The van der Waals surface area contributed by atoms with Crippen molar-refractivity contribution in [1.29, 1.82) is 0 Å². The Balaban J connectivity index is 1.42. The molecule has 0 bridgehead atoms. The van der Waals surface area contributed by atoms with Crippen LogP contribution < -0.4 is 0 Å². The highest BCUT2D eigenvalue weighted by Gasteiger charge is 2.32. The molecule has 0 aliphatic carbocycles. The van der Waals surface area contributed by atoms with Crippen LogP contribution in [0.2, 0.25) is 0 Å². The summed E-state index contributed by atoms with van der Waals surface area (Å²) in [6.07, 6.45) is -3.14. The molecule has 1 fully saturated rings. The first-order chi connectivity index (χ1) is 14.8. The van der Waals surface area contributed by atoms with Crippen molar-refractivity contribution in [3.05, 3.63) is 53.7 Å². The molecule has 0 saturated carbocycles. The van der Waals surface area contributed by atoms with Gasteiger partial charge in [-0.25, -0.2) is 0 Å². The molecule has 1 saturated heterocycles. The fraction of sp³-hybridized carbons (Fsp3) is 0.400. The molecule has 11 heteroatoms. The van der Waals surface area contributed by atoms with Crippen LogP contribution in [0.25, 0.3) is 11.4 Å². The van der Waals surface area contributed by atoms with Crippen molar-refractivity contribution in [3.8, 4) is 11.4 Å². The molecule has 1 amide bonds. The summed E-state index contributed by atoms with van der Waals surface area (Å²) in [6.45, 7) is 3.33. The fourth-order valence-corrected chi connectivity index (χ4v) is 3.34. The number of carbonyl (C=O) groups excluding carboxylic acids is 1. The molecule has 3 heterocycles. The normalized spacial score (nSPS) is 17.2. The van der Waals surface area contributed by atoms with Crippen LogP contribution in [-0.4, -0.2) is 50.4 Å². The van der Waals surface area contributed by atoms with Crippen molar-refractivity contribution in [3.63, 3.8) is 0 Å². The highest BCUT2D eigenvalue weighted by atomic mass is 19.4. The summed E-state index contributed by atoms with van der Waals surface area (Å²) in [5.74, 6) is 0.0935. The van der Waals surface area contributed by atoms with Crippen molar-refractivity contribution in [1.82, 2.24) is 24.8 Å². The number of carbonyl (C=O) groups is 1. The number of amides is 1. The standard InChI is InChI=1S/C20H20F3N5O3/c1-13-5-7-24-28(13)8-6-17(29)27-9-10-30-16(12-27)19-25-18(26-31-19)14-3-2-4-15(11-14)20(21,22)23/h2-5,7,11,16H,6,8-10,12H2,1H3/t16-/m1/s1. The molecule has 4 rings (SSSR count). The number of aromatic nitrogens is 4. The molecule has 8 nitrogen and oxygen atoms in total. The highest BCUT2D eigenvalue weighted by Crippen LogP contribution is 2.32. The van der Waals surface area contributed by atoms with E-state index in [1.807, 2.05) is 13.0 Å². The minimum absolute atomic E-state index is 0.0299. The summed E-state index contributed by atoms with van der Waals surface area (Å²) < 4.78 is 51.5. The van der Waals surface area contributed by atoms with E-state index >= 15 is 0 Å². The third-order valence-corrected chi connectivity index (χ3v) is 5.05. The fourth-order valence-electron chi connectivity index (χ4n) is 3.34. The third-order valence-electron chi connectivity index (χ3n) is 5.05. The van der Waals surface area contributed by atoms with Crippen molar-refractivity contribution in [2.24, 2.45) is 0 Å². The van der Waals surface area contributed by atoms with Crippen LogP contribution in [0.4, 0.5) is 13.2 Å². The molecule has 1 aliphatic rings. The van der Waals surface area contributed by atoms with Gasteiger partial charge in [0.1, 0.15) is 0 Å². The van der Waals surface area contributed by atoms with E-state index in [0.717, 1.165) is 17.8 Å². The molecule has 31 heavy (non-hydrogen) atoms. The van der Waals surface area contributed by atoms with E-state index in [4.69, 9.17) is 9.26 Å². The predicted molar refractivity (Wildman–Crippen MR) is 102 cm³/mol. The molecular weight excluding hydrogens is 415 g/mol. The van der Waals surface area contributed by atoms with Crippen LogP contribution in [0.3, 0.4) is 0 Å². The minimum Gasteiger partial charge on any atom is -0.365 e. The summed E-state index contributed by atoms with van der Waals surface area (Å²) in [4.78, 5) is 18.4. The van der Waals surface area contributed by atoms with Crippen molar-refractivity contribution in [2.75, 3.05) is 19.7 Å². The maximum absolute atomic E-state index is 12.9. The van der Waals surface area contributed by atoms with Gasteiger partial charge in [0.2, 0.25) is 11.7 Å². The van der Waals surface area contributed by atoms with E-state index in [2.05, 4.69) is 15.2 Å². The number of halogens is 3. The zero-order valence-electron chi connectivity index (χ0n) is 16.7. The van der Waals surface area contributed by atoms with Gasteiger partial charge in [-0.15, -0.1) is 0 Å². The Labute approximate surface area is 175 Å². The van der Waals surface area contributed by atoms with E-state index in [-0.39, 0.29) is 36.2 Å². The zero-order valence-corrected chi connectivity index (χ0v) is 16.7. The molecule has 2 aromatic heterocycles. The van der Waals surface area contributed by atoms with Crippen LogP contribution in [0.1, 0.15) is 29.7 Å². The molecule has 164 valence electrons. The number of hydrogen-bond acceptors (Lipinski definition) is 6. The van der Waals surface area contributed by atoms with Crippen LogP contribution in [0.5, 0.6) is 0 Å². The van der Waals surface area contributed by atoms with Crippen LogP contribution >= 0.6 is 0 Å². The van der Waals surface area contributed by atoms with Gasteiger partial charge in [0.15, 0.2) is 6.10 Å². The molecule has 1 aliphatic heterocycles. The van der Waals surface area contributed by atoms with Crippen LogP contribution in [0, 0.1) is 6.92 Å². The molecule has 0 N–H and O–H groups in total. The lowest BCUT2D eigenvalue weighted by molar-refractivity contribution is -0.140. The molecule has 3 aromatic rings. The Morgan fingerprint density at radius 3 is 2.87 bits per heavy atom. The van der Waals surface area contributed by atoms with Gasteiger partial charge in [-0.2, -0.15) is 23.3 Å². The molecular formula is C20H20F3N5O3. The van der Waals surface area contributed by atoms with Gasteiger partial charge in [0, 0.05) is 37.0 Å². The Kier molecular flexibility index (Phi) is 5.77. The molecule has 0 unspecified atom stereocenters. The quantitative estimate of drug-likeness (QED) is 0.612. The topological polar surface area (TPSA) is 86.3 Å². The predicted octanol–water partition coefficient (Wildman–Crippen LogP) is 3.25. The van der Waals surface area contributed by atoms with Crippen LogP contribution in [-0.2, 0) is 22.3 Å². The van der Waals surface area contributed by atoms with Gasteiger partial charge in [-0.05, 0) is 25.1 Å². The summed E-state index contributed by atoms with van der Waals surface area (Å²) in [5, 5.41) is 7.95. The number of benzene rings is 1. The zero-order chi connectivity index (χ0) is 22.0. The Hall–Kier alpha value is -3.21. The summed E-state index contributed by atoms with van der Waals surface area (Å²) in [5.41, 5.74) is 0.359. The smallest absolute Gasteiger partial charge is 0.365 e. The maximum Gasteiger partial charge on any atom is 0.416 e. The number of nitrogens with zero attached hydrogens (tertiary/aromatic N) is 5. The summed E-state index contributed by atoms with van der Waals surface area (Å²) >= 11 is 0. The van der Waals surface area contributed by atoms with Crippen LogP contribution in [0.15, 0.2) is 41.1 Å². The van der Waals surface area contributed by atoms with Gasteiger partial charge in [0.25, 0.3) is 5.89 Å². The van der Waals surface area contributed by atoms with Gasteiger partial charge in [0.05, 0.1) is 18.7 Å². The summed E-state index contributed by atoms with van der Waals surface area (Å²) in [7, 11) is 0. The maximum atomic E-state index is 12.9. The first kappa shape index (κ1) is 21.0. The molecule has 1 atom stereocenters. The Morgan fingerprint density at radius 1 is 1.29 bits per heavy atom. The first-order valence-corrected chi connectivity index (χ1v) is 9.70. The number of ether oxygens (including phenoxy) is 1. The van der Waals surface area contributed by atoms with Gasteiger partial charge in [-0.3, -0.25) is 9.48 Å². The lowest BCUT2D eigenvalue weighted by Crippen LogP contribution is -2.42. The van der Waals surface area contributed by atoms with Crippen molar-refractivity contribution >= 4 is 5.91 Å². The lowest BCUT2D eigenvalue weighted by Gasteiger charge is -2.31.